The van der Waals surface area contributed by atoms with E-state index in [4.69, 9.17) is 5.73 Å². The predicted octanol–water partition coefficient (Wildman–Crippen LogP) is 3.12. The van der Waals surface area contributed by atoms with E-state index in [0.29, 0.717) is 5.56 Å². The molecule has 0 unspecified atom stereocenters. The molecule has 0 radical (unpaired) electrons. The first kappa shape index (κ1) is 15.0. The van der Waals surface area contributed by atoms with Crippen molar-refractivity contribution < 1.29 is 4.79 Å². The van der Waals surface area contributed by atoms with Crippen molar-refractivity contribution in [3.63, 3.8) is 0 Å². The molecule has 1 amide bonds. The summed E-state index contributed by atoms with van der Waals surface area (Å²) in [5.41, 5.74) is 6.00. The molecule has 1 rings (SSSR count). The highest BCUT2D eigenvalue weighted by Crippen LogP contribution is 2.22. The fourth-order valence-corrected chi connectivity index (χ4v) is 2.29. The zero-order valence-electron chi connectivity index (χ0n) is 11.1. The molecule has 1 aromatic rings. The third kappa shape index (κ3) is 3.22. The fourth-order valence-electron chi connectivity index (χ4n) is 1.96. The molecule has 18 heavy (non-hydrogen) atoms. The fraction of sp³-hybridized carbons (Fsp3) is 0.538. The predicted molar refractivity (Wildman–Crippen MR) is 77.4 cm³/mol. The van der Waals surface area contributed by atoms with Crippen LogP contribution in [-0.2, 0) is 0 Å². The summed E-state index contributed by atoms with van der Waals surface area (Å²) in [6.07, 6.45) is 4.27. The minimum atomic E-state index is -0.161. The van der Waals surface area contributed by atoms with Crippen molar-refractivity contribution in [3.05, 3.63) is 22.3 Å². The van der Waals surface area contributed by atoms with Crippen molar-refractivity contribution >= 4 is 27.7 Å². The summed E-state index contributed by atoms with van der Waals surface area (Å²) < 4.78 is 0.747. The maximum atomic E-state index is 12.3. The first-order valence-corrected chi connectivity index (χ1v) is 7.00. The van der Waals surface area contributed by atoms with Gasteiger partial charge in [0, 0.05) is 16.2 Å². The summed E-state index contributed by atoms with van der Waals surface area (Å²) in [5, 5.41) is 3.08. The van der Waals surface area contributed by atoms with Crippen LogP contribution < -0.4 is 11.1 Å². The number of carbonyl (C=O) groups is 1. The number of anilines is 1. The molecule has 0 saturated carbocycles. The van der Waals surface area contributed by atoms with Crippen LogP contribution in [0.15, 0.2) is 16.7 Å². The van der Waals surface area contributed by atoms with Crippen molar-refractivity contribution in [2.24, 2.45) is 0 Å². The second-order valence-corrected chi connectivity index (χ2v) is 5.30. The minimum absolute atomic E-state index is 0.160. The standard InChI is InChI=1S/C13H20BrN3O/c1-4-13(5-2,6-3)17-12(18)10-7-9(14)8-16-11(10)15/h7-8H,4-6H2,1-3H3,(H2,15,16)(H,17,18). The molecule has 0 spiro atoms. The number of aromatic nitrogens is 1. The summed E-state index contributed by atoms with van der Waals surface area (Å²) in [4.78, 5) is 16.2. The van der Waals surface area contributed by atoms with Gasteiger partial charge in [-0.3, -0.25) is 4.79 Å². The lowest BCUT2D eigenvalue weighted by Gasteiger charge is -2.31. The van der Waals surface area contributed by atoms with Crippen LogP contribution in [0.1, 0.15) is 50.4 Å². The molecule has 0 aliphatic heterocycles. The Balaban J connectivity index is 2.97. The van der Waals surface area contributed by atoms with Crippen molar-refractivity contribution in [1.82, 2.24) is 10.3 Å². The van der Waals surface area contributed by atoms with Gasteiger partial charge in [0.05, 0.1) is 5.56 Å². The quantitative estimate of drug-likeness (QED) is 0.877. The monoisotopic (exact) mass is 313 g/mol. The Hall–Kier alpha value is -1.10. The summed E-state index contributed by atoms with van der Waals surface area (Å²) in [6.45, 7) is 6.24. The highest BCUT2D eigenvalue weighted by molar-refractivity contribution is 9.10. The van der Waals surface area contributed by atoms with E-state index in [1.807, 2.05) is 0 Å². The smallest absolute Gasteiger partial charge is 0.255 e. The summed E-state index contributed by atoms with van der Waals surface area (Å²) in [5.74, 6) is 0.0970. The van der Waals surface area contributed by atoms with Crippen LogP contribution >= 0.6 is 15.9 Å². The highest BCUT2D eigenvalue weighted by Gasteiger charge is 2.27. The van der Waals surface area contributed by atoms with Crippen molar-refractivity contribution in [3.8, 4) is 0 Å². The second kappa shape index (κ2) is 6.18. The number of hydrogen-bond acceptors (Lipinski definition) is 3. The highest BCUT2D eigenvalue weighted by atomic mass is 79.9. The van der Waals surface area contributed by atoms with Crippen LogP contribution in [0.4, 0.5) is 5.82 Å². The Kier molecular flexibility index (Phi) is 5.14. The second-order valence-electron chi connectivity index (χ2n) is 4.38. The van der Waals surface area contributed by atoms with Gasteiger partial charge >= 0.3 is 0 Å². The number of nitrogens with one attached hydrogen (secondary N) is 1. The number of rotatable bonds is 5. The summed E-state index contributed by atoms with van der Waals surface area (Å²) in [7, 11) is 0. The number of hydrogen-bond donors (Lipinski definition) is 2. The van der Waals surface area contributed by atoms with Gasteiger partial charge in [-0.25, -0.2) is 4.98 Å². The van der Waals surface area contributed by atoms with Gasteiger partial charge in [0.15, 0.2) is 0 Å². The number of pyridine rings is 1. The lowest BCUT2D eigenvalue weighted by atomic mass is 9.89. The maximum Gasteiger partial charge on any atom is 0.255 e. The van der Waals surface area contributed by atoms with Gasteiger partial charge in [-0.1, -0.05) is 20.8 Å². The zero-order valence-corrected chi connectivity index (χ0v) is 12.7. The molecule has 100 valence electrons. The van der Waals surface area contributed by atoms with Gasteiger partial charge in [0.1, 0.15) is 5.82 Å². The Morgan fingerprint density at radius 3 is 2.44 bits per heavy atom. The maximum absolute atomic E-state index is 12.3. The first-order valence-electron chi connectivity index (χ1n) is 6.21. The molecule has 5 heteroatoms. The van der Waals surface area contributed by atoms with E-state index < -0.39 is 0 Å². The van der Waals surface area contributed by atoms with E-state index in [2.05, 4.69) is 47.0 Å². The molecule has 0 fully saturated rings. The Labute approximate surface area is 116 Å². The summed E-state index contributed by atoms with van der Waals surface area (Å²) >= 11 is 3.30. The molecule has 0 saturated heterocycles. The Bertz CT molecular complexity index is 422. The van der Waals surface area contributed by atoms with Gasteiger partial charge in [0.25, 0.3) is 5.91 Å². The van der Waals surface area contributed by atoms with Crippen LogP contribution in [-0.4, -0.2) is 16.4 Å². The molecule has 3 N–H and O–H groups in total. The number of carbonyl (C=O) groups excluding carboxylic acids is 1. The van der Waals surface area contributed by atoms with Crippen LogP contribution in [0.2, 0.25) is 0 Å². The number of halogens is 1. The molecular weight excluding hydrogens is 294 g/mol. The van der Waals surface area contributed by atoms with Gasteiger partial charge in [0.2, 0.25) is 0 Å². The average Bonchev–Trinajstić information content (AvgIpc) is 2.38. The largest absolute Gasteiger partial charge is 0.383 e. The number of nitrogen functional groups attached to an aromatic ring is 1. The topological polar surface area (TPSA) is 68.0 Å². The molecule has 0 aliphatic carbocycles. The normalized spacial score (nSPS) is 11.3. The molecule has 0 atom stereocenters. The van der Waals surface area contributed by atoms with E-state index in [0.717, 1.165) is 23.7 Å². The third-order valence-electron chi connectivity index (χ3n) is 3.54. The van der Waals surface area contributed by atoms with Gasteiger partial charge in [-0.05, 0) is 41.3 Å². The first-order chi connectivity index (χ1) is 8.48. The number of nitrogens with zero attached hydrogens (tertiary/aromatic N) is 1. The van der Waals surface area contributed by atoms with Crippen molar-refractivity contribution in [2.45, 2.75) is 45.6 Å². The van der Waals surface area contributed by atoms with Gasteiger partial charge in [-0.2, -0.15) is 0 Å². The third-order valence-corrected chi connectivity index (χ3v) is 3.97. The van der Waals surface area contributed by atoms with E-state index >= 15 is 0 Å². The van der Waals surface area contributed by atoms with Crippen LogP contribution in [0.5, 0.6) is 0 Å². The van der Waals surface area contributed by atoms with Crippen LogP contribution in [0.3, 0.4) is 0 Å². The molecule has 4 nitrogen and oxygen atoms in total. The molecular formula is C13H20BrN3O. The van der Waals surface area contributed by atoms with E-state index in [1.165, 1.54) is 0 Å². The SMILES string of the molecule is CCC(CC)(CC)NC(=O)c1cc(Br)cnc1N. The minimum Gasteiger partial charge on any atom is -0.383 e. The lowest BCUT2D eigenvalue weighted by Crippen LogP contribution is -2.47. The number of nitrogens with two attached hydrogens (primary N) is 1. The average molecular weight is 314 g/mol. The van der Waals surface area contributed by atoms with Crippen LogP contribution in [0, 0.1) is 0 Å². The van der Waals surface area contributed by atoms with E-state index in [1.54, 1.807) is 12.3 Å². The van der Waals surface area contributed by atoms with E-state index in [-0.39, 0.29) is 17.3 Å². The Morgan fingerprint density at radius 2 is 1.94 bits per heavy atom. The molecule has 0 aliphatic rings. The van der Waals surface area contributed by atoms with Crippen molar-refractivity contribution in [1.29, 1.82) is 0 Å². The van der Waals surface area contributed by atoms with E-state index in [9.17, 15) is 4.79 Å². The van der Waals surface area contributed by atoms with Crippen LogP contribution in [0.25, 0.3) is 0 Å². The van der Waals surface area contributed by atoms with Crippen molar-refractivity contribution in [2.75, 3.05) is 5.73 Å². The molecule has 0 bridgehead atoms. The van der Waals surface area contributed by atoms with Gasteiger partial charge < -0.3 is 11.1 Å². The molecule has 0 aromatic carbocycles. The Morgan fingerprint density at radius 1 is 1.39 bits per heavy atom. The van der Waals surface area contributed by atoms with Gasteiger partial charge in [-0.15, -0.1) is 0 Å². The summed E-state index contributed by atoms with van der Waals surface area (Å²) in [6, 6.07) is 1.70. The number of amides is 1. The molecule has 1 heterocycles. The molecule has 1 aromatic heterocycles. The zero-order chi connectivity index (χ0) is 13.8. The lowest BCUT2D eigenvalue weighted by molar-refractivity contribution is 0.0889.